The van der Waals surface area contributed by atoms with E-state index in [0.29, 0.717) is 18.8 Å². The van der Waals surface area contributed by atoms with Gasteiger partial charge in [0.1, 0.15) is 11.5 Å². The highest BCUT2D eigenvalue weighted by atomic mass is 19.1. The van der Waals surface area contributed by atoms with Gasteiger partial charge in [0.15, 0.2) is 0 Å². The molecule has 0 spiro atoms. The lowest BCUT2D eigenvalue weighted by molar-refractivity contribution is 0.199. The molecule has 0 atom stereocenters. The fourth-order valence-electron chi connectivity index (χ4n) is 2.16. The highest BCUT2D eigenvalue weighted by Crippen LogP contribution is 2.18. The van der Waals surface area contributed by atoms with Crippen LogP contribution < -0.4 is 5.32 Å². The van der Waals surface area contributed by atoms with E-state index in [9.17, 15) is 4.39 Å². The highest BCUT2D eigenvalue weighted by molar-refractivity contribution is 5.36. The van der Waals surface area contributed by atoms with Crippen molar-refractivity contribution in [1.82, 2.24) is 15.1 Å². The fraction of sp³-hybridized carbons (Fsp3) is 0.400. The zero-order valence-electron chi connectivity index (χ0n) is 11.9. The third-order valence-corrected chi connectivity index (χ3v) is 3.17. The van der Waals surface area contributed by atoms with Gasteiger partial charge in [-0.25, -0.2) is 9.07 Å². The Morgan fingerprint density at radius 1 is 1.35 bits per heavy atom. The van der Waals surface area contributed by atoms with E-state index in [-0.39, 0.29) is 5.82 Å². The number of nitrogens with zero attached hydrogens (tertiary/aromatic N) is 2. The molecule has 0 aliphatic rings. The van der Waals surface area contributed by atoms with E-state index >= 15 is 0 Å². The normalized spacial score (nSPS) is 10.9. The number of aromatic nitrogens is 2. The van der Waals surface area contributed by atoms with Gasteiger partial charge in [0.25, 0.3) is 0 Å². The van der Waals surface area contributed by atoms with Gasteiger partial charge >= 0.3 is 0 Å². The highest BCUT2D eigenvalue weighted by Gasteiger charge is 2.12. The van der Waals surface area contributed by atoms with Gasteiger partial charge in [-0.15, -0.1) is 0 Å². The summed E-state index contributed by atoms with van der Waals surface area (Å²) in [4.78, 5) is 0. The van der Waals surface area contributed by atoms with Gasteiger partial charge in [-0.2, -0.15) is 5.10 Å². The number of rotatable bonds is 7. The van der Waals surface area contributed by atoms with Crippen molar-refractivity contribution in [3.63, 3.8) is 0 Å². The molecule has 0 aliphatic carbocycles. The monoisotopic (exact) mass is 277 g/mol. The number of benzene rings is 1. The maximum absolute atomic E-state index is 13.9. The minimum atomic E-state index is -0.260. The standard InChI is InChI=1S/C15H20FN3O/c1-3-14-12(10-17-8-9-20-2)11-18-19(14)15-7-5-4-6-13(15)16/h4-7,11,17H,3,8-10H2,1-2H3. The van der Waals surface area contributed by atoms with E-state index < -0.39 is 0 Å². The maximum atomic E-state index is 13.9. The van der Waals surface area contributed by atoms with Crippen LogP contribution in [0.3, 0.4) is 0 Å². The summed E-state index contributed by atoms with van der Waals surface area (Å²) in [7, 11) is 1.68. The summed E-state index contributed by atoms with van der Waals surface area (Å²) in [6, 6.07) is 6.69. The molecule has 1 aromatic heterocycles. The Morgan fingerprint density at radius 3 is 2.85 bits per heavy atom. The van der Waals surface area contributed by atoms with Gasteiger partial charge in [-0.05, 0) is 18.6 Å². The van der Waals surface area contributed by atoms with Crippen molar-refractivity contribution in [3.8, 4) is 5.69 Å². The van der Waals surface area contributed by atoms with Crippen LogP contribution in [0.15, 0.2) is 30.5 Å². The number of hydrogen-bond donors (Lipinski definition) is 1. The van der Waals surface area contributed by atoms with E-state index in [1.165, 1.54) is 6.07 Å². The predicted molar refractivity (Wildman–Crippen MR) is 76.5 cm³/mol. The van der Waals surface area contributed by atoms with Crippen LogP contribution in [0.1, 0.15) is 18.2 Å². The van der Waals surface area contributed by atoms with Crippen LogP contribution in [0.2, 0.25) is 0 Å². The maximum Gasteiger partial charge on any atom is 0.148 e. The molecule has 0 fully saturated rings. The second kappa shape index (κ2) is 7.17. The van der Waals surface area contributed by atoms with Crippen LogP contribution in [0.5, 0.6) is 0 Å². The van der Waals surface area contributed by atoms with Crippen molar-refractivity contribution in [2.24, 2.45) is 0 Å². The topological polar surface area (TPSA) is 39.1 Å². The Labute approximate surface area is 118 Å². The molecule has 0 radical (unpaired) electrons. The molecular weight excluding hydrogens is 257 g/mol. The molecule has 0 saturated heterocycles. The molecule has 0 saturated carbocycles. The SMILES string of the molecule is CCc1c(CNCCOC)cnn1-c1ccccc1F. The van der Waals surface area contributed by atoms with Gasteiger partial charge in [-0.1, -0.05) is 19.1 Å². The predicted octanol–water partition coefficient (Wildman–Crippen LogP) is 2.31. The van der Waals surface area contributed by atoms with E-state index in [2.05, 4.69) is 10.4 Å². The molecular formula is C15H20FN3O. The summed E-state index contributed by atoms with van der Waals surface area (Å²) >= 11 is 0. The molecule has 1 heterocycles. The summed E-state index contributed by atoms with van der Waals surface area (Å²) in [6.45, 7) is 4.21. The number of ether oxygens (including phenoxy) is 1. The summed E-state index contributed by atoms with van der Waals surface area (Å²) in [5, 5.41) is 7.61. The smallest absolute Gasteiger partial charge is 0.148 e. The van der Waals surface area contributed by atoms with Crippen molar-refractivity contribution < 1.29 is 9.13 Å². The minimum Gasteiger partial charge on any atom is -0.383 e. The molecule has 1 aromatic carbocycles. The van der Waals surface area contributed by atoms with Gasteiger partial charge in [0.05, 0.1) is 12.8 Å². The summed E-state index contributed by atoms with van der Waals surface area (Å²) < 4.78 is 20.5. The van der Waals surface area contributed by atoms with E-state index in [0.717, 1.165) is 24.2 Å². The number of halogens is 1. The first-order chi connectivity index (χ1) is 9.77. The molecule has 2 aromatic rings. The van der Waals surface area contributed by atoms with Crippen molar-refractivity contribution in [2.75, 3.05) is 20.3 Å². The molecule has 2 rings (SSSR count). The lowest BCUT2D eigenvalue weighted by atomic mass is 10.2. The van der Waals surface area contributed by atoms with Crippen LogP contribution in [-0.4, -0.2) is 30.0 Å². The van der Waals surface area contributed by atoms with Crippen LogP contribution >= 0.6 is 0 Å². The number of methoxy groups -OCH3 is 1. The van der Waals surface area contributed by atoms with Crippen molar-refractivity contribution in [3.05, 3.63) is 47.5 Å². The Balaban J connectivity index is 2.19. The van der Waals surface area contributed by atoms with E-state index in [1.54, 1.807) is 30.1 Å². The van der Waals surface area contributed by atoms with Gasteiger partial charge < -0.3 is 10.1 Å². The molecule has 5 heteroatoms. The van der Waals surface area contributed by atoms with E-state index in [4.69, 9.17) is 4.74 Å². The molecule has 0 aliphatic heterocycles. The van der Waals surface area contributed by atoms with Crippen molar-refractivity contribution >= 4 is 0 Å². The summed E-state index contributed by atoms with van der Waals surface area (Å²) in [6.07, 6.45) is 2.60. The molecule has 1 N–H and O–H groups in total. The quantitative estimate of drug-likeness (QED) is 0.789. The average Bonchev–Trinajstić information content (AvgIpc) is 2.87. The first-order valence-electron chi connectivity index (χ1n) is 6.78. The van der Waals surface area contributed by atoms with Gasteiger partial charge in [-0.3, -0.25) is 0 Å². The molecule has 0 unspecified atom stereocenters. The lowest BCUT2D eigenvalue weighted by Crippen LogP contribution is -2.19. The summed E-state index contributed by atoms with van der Waals surface area (Å²) in [5.74, 6) is -0.260. The number of nitrogens with one attached hydrogen (secondary N) is 1. The average molecular weight is 277 g/mol. The largest absolute Gasteiger partial charge is 0.383 e. The minimum absolute atomic E-state index is 0.260. The Morgan fingerprint density at radius 2 is 2.15 bits per heavy atom. The second-order valence-electron chi connectivity index (χ2n) is 4.50. The first kappa shape index (κ1) is 14.7. The zero-order valence-corrected chi connectivity index (χ0v) is 11.9. The fourth-order valence-corrected chi connectivity index (χ4v) is 2.16. The molecule has 108 valence electrons. The van der Waals surface area contributed by atoms with Gasteiger partial charge in [0.2, 0.25) is 0 Å². The van der Waals surface area contributed by atoms with Crippen LogP contribution in [0, 0.1) is 5.82 Å². The number of para-hydroxylation sites is 1. The Hall–Kier alpha value is -1.72. The van der Waals surface area contributed by atoms with Gasteiger partial charge in [0, 0.05) is 31.5 Å². The molecule has 0 amide bonds. The van der Waals surface area contributed by atoms with E-state index in [1.807, 2.05) is 13.0 Å². The third-order valence-electron chi connectivity index (χ3n) is 3.17. The number of hydrogen-bond acceptors (Lipinski definition) is 3. The zero-order chi connectivity index (χ0) is 14.4. The second-order valence-corrected chi connectivity index (χ2v) is 4.50. The summed E-state index contributed by atoms with van der Waals surface area (Å²) in [5.41, 5.74) is 2.61. The molecule has 20 heavy (non-hydrogen) atoms. The van der Waals surface area contributed by atoms with Crippen molar-refractivity contribution in [2.45, 2.75) is 19.9 Å². The van der Waals surface area contributed by atoms with Crippen LogP contribution in [-0.2, 0) is 17.7 Å². The first-order valence-corrected chi connectivity index (χ1v) is 6.78. The molecule has 0 bridgehead atoms. The lowest BCUT2D eigenvalue weighted by Gasteiger charge is -2.09. The van der Waals surface area contributed by atoms with Crippen LogP contribution in [0.25, 0.3) is 5.69 Å². The Kier molecular flexibility index (Phi) is 5.26. The Bertz CT molecular complexity index is 554. The third kappa shape index (κ3) is 3.23. The van der Waals surface area contributed by atoms with Crippen molar-refractivity contribution in [1.29, 1.82) is 0 Å². The van der Waals surface area contributed by atoms with Crippen LogP contribution in [0.4, 0.5) is 4.39 Å². The molecule has 4 nitrogen and oxygen atoms in total.